The van der Waals surface area contributed by atoms with Gasteiger partial charge in [0.15, 0.2) is 11.5 Å². The number of rotatable bonds is 23. The molecule has 1 aromatic carbocycles. The molecule has 0 atom stereocenters. The van der Waals surface area contributed by atoms with Gasteiger partial charge in [-0.2, -0.15) is 0 Å². The standard InChI is InChI=1S/C34H58O4/c1-6-7-8-9-10-11-12-13-14-15-22-30-25-26-31(37-33(35)23-18-16-20-28(2)3)32(27-30)38-34(36)24-19-17-21-29(4)5/h25-29H,6-24H2,1-5H3. The van der Waals surface area contributed by atoms with Crippen LogP contribution in [0.15, 0.2) is 18.2 Å². The van der Waals surface area contributed by atoms with Crippen molar-refractivity contribution in [2.45, 2.75) is 157 Å². The number of carbonyl (C=O) groups excluding carboxylic acids is 2. The summed E-state index contributed by atoms with van der Waals surface area (Å²) in [4.78, 5) is 25.0. The first-order valence-corrected chi connectivity index (χ1v) is 15.9. The summed E-state index contributed by atoms with van der Waals surface area (Å²) in [6.45, 7) is 11.0. The molecule has 0 aliphatic heterocycles. The number of ether oxygens (including phenoxy) is 2. The van der Waals surface area contributed by atoms with Crippen molar-refractivity contribution in [2.75, 3.05) is 0 Å². The lowest BCUT2D eigenvalue weighted by Gasteiger charge is -2.13. The average molecular weight is 531 g/mol. The van der Waals surface area contributed by atoms with E-state index in [2.05, 4.69) is 34.6 Å². The van der Waals surface area contributed by atoms with Gasteiger partial charge in [-0.1, -0.05) is 124 Å². The van der Waals surface area contributed by atoms with Crippen LogP contribution in [0.25, 0.3) is 0 Å². The zero-order valence-electron chi connectivity index (χ0n) is 25.5. The van der Waals surface area contributed by atoms with Gasteiger partial charge in [-0.3, -0.25) is 9.59 Å². The molecule has 0 spiro atoms. The van der Waals surface area contributed by atoms with Crippen LogP contribution in [0.5, 0.6) is 11.5 Å². The number of hydrogen-bond donors (Lipinski definition) is 0. The van der Waals surface area contributed by atoms with E-state index in [0.717, 1.165) is 56.9 Å². The summed E-state index contributed by atoms with van der Waals surface area (Å²) >= 11 is 0. The van der Waals surface area contributed by atoms with Crippen LogP contribution < -0.4 is 9.47 Å². The molecule has 0 aliphatic rings. The molecule has 0 aliphatic carbocycles. The molecule has 0 heterocycles. The lowest BCUT2D eigenvalue weighted by Crippen LogP contribution is -2.12. The Kier molecular flexibility index (Phi) is 19.8. The maximum Gasteiger partial charge on any atom is 0.311 e. The molecule has 0 radical (unpaired) electrons. The van der Waals surface area contributed by atoms with E-state index in [1.54, 1.807) is 6.07 Å². The molecule has 0 N–H and O–H groups in total. The molecular weight excluding hydrogens is 472 g/mol. The van der Waals surface area contributed by atoms with Gasteiger partial charge >= 0.3 is 11.9 Å². The Bertz CT molecular complexity index is 753. The monoisotopic (exact) mass is 530 g/mol. The van der Waals surface area contributed by atoms with Crippen LogP contribution in [-0.2, 0) is 16.0 Å². The van der Waals surface area contributed by atoms with Gasteiger partial charge in [-0.05, 0) is 55.2 Å². The van der Waals surface area contributed by atoms with Crippen LogP contribution in [0.2, 0.25) is 0 Å². The molecule has 4 heteroatoms. The Morgan fingerprint density at radius 3 is 1.58 bits per heavy atom. The van der Waals surface area contributed by atoms with E-state index in [4.69, 9.17) is 9.47 Å². The Labute approximate surface area is 234 Å². The molecule has 0 fully saturated rings. The minimum absolute atomic E-state index is 0.251. The summed E-state index contributed by atoms with van der Waals surface area (Å²) < 4.78 is 11.4. The van der Waals surface area contributed by atoms with E-state index in [1.807, 2.05) is 12.1 Å². The molecule has 38 heavy (non-hydrogen) atoms. The average Bonchev–Trinajstić information content (AvgIpc) is 2.87. The highest BCUT2D eigenvalue weighted by Crippen LogP contribution is 2.30. The summed E-state index contributed by atoms with van der Waals surface area (Å²) in [7, 11) is 0. The lowest BCUT2D eigenvalue weighted by atomic mass is 10.0. The summed E-state index contributed by atoms with van der Waals surface area (Å²) in [6.07, 6.45) is 20.7. The molecule has 0 bridgehead atoms. The van der Waals surface area contributed by atoms with Gasteiger partial charge in [0.2, 0.25) is 0 Å². The van der Waals surface area contributed by atoms with Crippen molar-refractivity contribution in [3.05, 3.63) is 23.8 Å². The number of carbonyl (C=O) groups is 2. The highest BCUT2D eigenvalue weighted by Gasteiger charge is 2.15. The fourth-order valence-electron chi connectivity index (χ4n) is 4.68. The minimum atomic E-state index is -0.259. The minimum Gasteiger partial charge on any atom is -0.423 e. The third kappa shape index (κ3) is 18.4. The number of hydrogen-bond acceptors (Lipinski definition) is 4. The smallest absolute Gasteiger partial charge is 0.311 e. The Hall–Kier alpha value is -1.84. The molecule has 0 unspecified atom stereocenters. The molecule has 0 amide bonds. The van der Waals surface area contributed by atoms with Gasteiger partial charge in [0.05, 0.1) is 0 Å². The maximum absolute atomic E-state index is 12.6. The van der Waals surface area contributed by atoms with Gasteiger partial charge in [-0.25, -0.2) is 0 Å². The van der Waals surface area contributed by atoms with Crippen LogP contribution in [0, 0.1) is 11.8 Å². The highest BCUT2D eigenvalue weighted by atomic mass is 16.6. The molecule has 1 aromatic rings. The second-order valence-corrected chi connectivity index (χ2v) is 11.9. The van der Waals surface area contributed by atoms with Crippen LogP contribution in [0.3, 0.4) is 0 Å². The summed E-state index contributed by atoms with van der Waals surface area (Å²) in [5, 5.41) is 0. The predicted molar refractivity (Wildman–Crippen MR) is 160 cm³/mol. The molecule has 1 rings (SSSR count). The topological polar surface area (TPSA) is 52.6 Å². The zero-order chi connectivity index (χ0) is 28.0. The van der Waals surface area contributed by atoms with E-state index in [0.29, 0.717) is 36.2 Å². The van der Waals surface area contributed by atoms with Crippen molar-refractivity contribution in [3.63, 3.8) is 0 Å². The molecule has 0 saturated heterocycles. The number of esters is 2. The van der Waals surface area contributed by atoms with Crippen molar-refractivity contribution in [1.29, 1.82) is 0 Å². The van der Waals surface area contributed by atoms with E-state index in [-0.39, 0.29) is 11.9 Å². The van der Waals surface area contributed by atoms with Crippen molar-refractivity contribution < 1.29 is 19.1 Å². The van der Waals surface area contributed by atoms with E-state index in [9.17, 15) is 9.59 Å². The largest absolute Gasteiger partial charge is 0.423 e. The van der Waals surface area contributed by atoms with Crippen LogP contribution in [-0.4, -0.2) is 11.9 Å². The van der Waals surface area contributed by atoms with Gasteiger partial charge in [0.1, 0.15) is 0 Å². The van der Waals surface area contributed by atoms with Crippen molar-refractivity contribution >= 4 is 11.9 Å². The maximum atomic E-state index is 12.6. The molecule has 0 saturated carbocycles. The predicted octanol–water partition coefficient (Wildman–Crippen LogP) is 10.4. The molecular formula is C34H58O4. The zero-order valence-corrected chi connectivity index (χ0v) is 25.5. The SMILES string of the molecule is CCCCCCCCCCCCc1ccc(OC(=O)CCCCC(C)C)c(OC(=O)CCCCC(C)C)c1. The van der Waals surface area contributed by atoms with E-state index < -0.39 is 0 Å². The molecule has 0 aromatic heterocycles. The quantitative estimate of drug-likeness (QED) is 0.0802. The van der Waals surface area contributed by atoms with Crippen LogP contribution in [0.1, 0.15) is 156 Å². The fourth-order valence-corrected chi connectivity index (χ4v) is 4.68. The third-order valence-corrected chi connectivity index (χ3v) is 7.10. The van der Waals surface area contributed by atoms with E-state index >= 15 is 0 Å². The number of unbranched alkanes of at least 4 members (excludes halogenated alkanes) is 11. The summed E-state index contributed by atoms with van der Waals surface area (Å²) in [5.41, 5.74) is 1.13. The third-order valence-electron chi connectivity index (χ3n) is 7.10. The molecule has 4 nitrogen and oxygen atoms in total. The van der Waals surface area contributed by atoms with Crippen molar-refractivity contribution in [1.82, 2.24) is 0 Å². The fraction of sp³-hybridized carbons (Fsp3) is 0.765. The Balaban J connectivity index is 2.58. The van der Waals surface area contributed by atoms with Gasteiger partial charge in [0.25, 0.3) is 0 Å². The van der Waals surface area contributed by atoms with Crippen molar-refractivity contribution in [2.24, 2.45) is 11.8 Å². The lowest BCUT2D eigenvalue weighted by molar-refractivity contribution is -0.137. The normalized spacial score (nSPS) is 11.3. The van der Waals surface area contributed by atoms with Crippen molar-refractivity contribution in [3.8, 4) is 11.5 Å². The Morgan fingerprint density at radius 2 is 1.08 bits per heavy atom. The highest BCUT2D eigenvalue weighted by molar-refractivity contribution is 5.76. The summed E-state index contributed by atoms with van der Waals surface area (Å²) in [6, 6.07) is 5.72. The van der Waals surface area contributed by atoms with E-state index in [1.165, 1.54) is 57.8 Å². The summed E-state index contributed by atoms with van der Waals surface area (Å²) in [5.74, 6) is 1.52. The van der Waals surface area contributed by atoms with Gasteiger partial charge < -0.3 is 9.47 Å². The first kappa shape index (κ1) is 34.2. The number of aryl methyl sites for hydroxylation is 1. The van der Waals surface area contributed by atoms with Gasteiger partial charge in [-0.15, -0.1) is 0 Å². The number of benzene rings is 1. The molecule has 218 valence electrons. The van der Waals surface area contributed by atoms with Crippen LogP contribution in [0.4, 0.5) is 0 Å². The second-order valence-electron chi connectivity index (χ2n) is 11.9. The van der Waals surface area contributed by atoms with Crippen LogP contribution >= 0.6 is 0 Å². The van der Waals surface area contributed by atoms with Gasteiger partial charge in [0, 0.05) is 12.8 Å². The first-order valence-electron chi connectivity index (χ1n) is 15.9. The second kappa shape index (κ2) is 22.0. The first-order chi connectivity index (χ1) is 18.3. The Morgan fingerprint density at radius 1 is 0.605 bits per heavy atom.